The van der Waals surface area contributed by atoms with Crippen LogP contribution in [0.2, 0.25) is 5.02 Å². The third kappa shape index (κ3) is 4.80. The van der Waals surface area contributed by atoms with E-state index in [4.69, 9.17) is 16.6 Å². The van der Waals surface area contributed by atoms with Crippen molar-refractivity contribution in [2.75, 3.05) is 53.1 Å². The molecule has 3 aromatic heterocycles. The molecular formula is C21H27ClN6O. The second kappa shape index (κ2) is 8.98. The van der Waals surface area contributed by atoms with Gasteiger partial charge < -0.3 is 15.1 Å². The van der Waals surface area contributed by atoms with Crippen molar-refractivity contribution in [2.45, 2.75) is 13.3 Å². The molecule has 0 saturated carbocycles. The molecule has 8 heteroatoms. The fraction of sp³-hybridized carbons (Fsp3) is 0.429. The van der Waals surface area contributed by atoms with E-state index in [-0.39, 0.29) is 5.78 Å². The lowest BCUT2D eigenvalue weighted by molar-refractivity contribution is 0.0972. The molecule has 29 heavy (non-hydrogen) atoms. The van der Waals surface area contributed by atoms with Crippen LogP contribution in [0.3, 0.4) is 0 Å². The number of likely N-dealkylation sites (N-methyl/N-ethyl adjacent to an activating group) is 1. The second-order valence-electron chi connectivity index (χ2n) is 7.74. The number of hydrogen-bond donors (Lipinski definition) is 1. The van der Waals surface area contributed by atoms with Gasteiger partial charge in [-0.3, -0.25) is 14.8 Å². The van der Waals surface area contributed by atoms with Gasteiger partial charge in [-0.05, 0) is 46.7 Å². The molecule has 0 radical (unpaired) electrons. The molecule has 0 atom stereocenters. The van der Waals surface area contributed by atoms with E-state index in [1.54, 1.807) is 18.5 Å². The number of anilines is 1. The number of halogens is 1. The lowest BCUT2D eigenvalue weighted by Crippen LogP contribution is -2.21. The normalized spacial score (nSPS) is 11.7. The summed E-state index contributed by atoms with van der Waals surface area (Å²) < 4.78 is 0. The van der Waals surface area contributed by atoms with Gasteiger partial charge in [0, 0.05) is 44.0 Å². The third-order valence-electron chi connectivity index (χ3n) is 4.71. The van der Waals surface area contributed by atoms with E-state index < -0.39 is 0 Å². The summed E-state index contributed by atoms with van der Waals surface area (Å²) >= 11 is 6.54. The van der Waals surface area contributed by atoms with E-state index in [9.17, 15) is 4.79 Å². The molecule has 0 amide bonds. The molecule has 0 aliphatic heterocycles. The number of pyridine rings is 3. The van der Waals surface area contributed by atoms with Gasteiger partial charge in [-0.25, -0.2) is 4.98 Å². The molecule has 0 spiro atoms. The first-order valence-electron chi connectivity index (χ1n) is 9.59. The summed E-state index contributed by atoms with van der Waals surface area (Å²) in [5, 5.41) is 4.01. The summed E-state index contributed by atoms with van der Waals surface area (Å²) in [5.74, 6) is 0.0468. The van der Waals surface area contributed by atoms with Crippen LogP contribution in [-0.2, 0) is 0 Å². The highest BCUT2D eigenvalue weighted by Gasteiger charge is 2.17. The van der Waals surface area contributed by atoms with Crippen LogP contribution < -0.4 is 5.32 Å². The first kappa shape index (κ1) is 21.4. The molecule has 0 aliphatic carbocycles. The lowest BCUT2D eigenvalue weighted by atomic mass is 10.1. The molecule has 1 N–H and O–H groups in total. The topological polar surface area (TPSA) is 74.2 Å². The number of rotatable bonds is 8. The Morgan fingerprint density at radius 2 is 1.72 bits per heavy atom. The van der Waals surface area contributed by atoms with Crippen LogP contribution in [0.1, 0.15) is 22.3 Å². The van der Waals surface area contributed by atoms with Gasteiger partial charge in [-0.1, -0.05) is 11.6 Å². The molecule has 154 valence electrons. The van der Waals surface area contributed by atoms with E-state index in [0.29, 0.717) is 45.6 Å². The highest BCUT2D eigenvalue weighted by Crippen LogP contribution is 2.33. The standard InChI is InChI=1S/C21H27ClN6O/c1-13-11-24-21-19(17(13)22)26-15-10-14(16(29)6-8-27(2)3)12-25-18(15)20(21)23-7-9-28(4)5/h10-12H,6-9H2,1-5H3,(H,23,26). The molecule has 3 aromatic rings. The second-order valence-corrected chi connectivity index (χ2v) is 8.12. The Balaban J connectivity index is 2.11. The number of aryl methyl sites for hydroxylation is 1. The van der Waals surface area contributed by atoms with Crippen LogP contribution in [0.4, 0.5) is 5.69 Å². The van der Waals surface area contributed by atoms with E-state index in [1.807, 2.05) is 40.0 Å². The highest BCUT2D eigenvalue weighted by molar-refractivity contribution is 6.36. The van der Waals surface area contributed by atoms with E-state index in [2.05, 4.69) is 20.2 Å². The summed E-state index contributed by atoms with van der Waals surface area (Å²) in [6.45, 7) is 4.17. The molecule has 0 bridgehead atoms. The molecule has 0 saturated heterocycles. The predicted octanol–water partition coefficient (Wildman–Crippen LogP) is 3.25. The summed E-state index contributed by atoms with van der Waals surface area (Å²) in [7, 11) is 7.94. The Morgan fingerprint density at radius 1 is 1.03 bits per heavy atom. The van der Waals surface area contributed by atoms with Crippen LogP contribution in [0.15, 0.2) is 18.5 Å². The maximum absolute atomic E-state index is 12.6. The van der Waals surface area contributed by atoms with Crippen molar-refractivity contribution in [3.05, 3.63) is 34.6 Å². The van der Waals surface area contributed by atoms with Crippen molar-refractivity contribution in [2.24, 2.45) is 0 Å². The molecule has 3 rings (SSSR count). The van der Waals surface area contributed by atoms with Gasteiger partial charge in [0.1, 0.15) is 16.6 Å². The predicted molar refractivity (Wildman–Crippen MR) is 119 cm³/mol. The molecule has 3 heterocycles. The Labute approximate surface area is 176 Å². The first-order valence-corrected chi connectivity index (χ1v) is 9.97. The van der Waals surface area contributed by atoms with Crippen LogP contribution in [0, 0.1) is 6.92 Å². The van der Waals surface area contributed by atoms with Crippen LogP contribution >= 0.6 is 11.6 Å². The minimum atomic E-state index is 0.0468. The Bertz CT molecular complexity index is 1050. The highest BCUT2D eigenvalue weighted by atomic mass is 35.5. The fourth-order valence-electron chi connectivity index (χ4n) is 3.01. The zero-order valence-corrected chi connectivity index (χ0v) is 18.3. The van der Waals surface area contributed by atoms with Gasteiger partial charge in [-0.15, -0.1) is 0 Å². The van der Waals surface area contributed by atoms with Gasteiger partial charge in [-0.2, -0.15) is 0 Å². The lowest BCUT2D eigenvalue weighted by Gasteiger charge is -2.15. The average Bonchev–Trinajstić information content (AvgIpc) is 2.68. The van der Waals surface area contributed by atoms with E-state index >= 15 is 0 Å². The third-order valence-corrected chi connectivity index (χ3v) is 5.19. The minimum absolute atomic E-state index is 0.0468. The van der Waals surface area contributed by atoms with Crippen molar-refractivity contribution < 1.29 is 4.79 Å². The van der Waals surface area contributed by atoms with Crippen molar-refractivity contribution >= 4 is 45.1 Å². The van der Waals surface area contributed by atoms with Gasteiger partial charge >= 0.3 is 0 Å². The number of ketones is 1. The summed E-state index contributed by atoms with van der Waals surface area (Å²) in [6.07, 6.45) is 3.80. The summed E-state index contributed by atoms with van der Waals surface area (Å²) in [5.41, 5.74) is 4.83. The molecule has 7 nitrogen and oxygen atoms in total. The number of hydrogen-bond acceptors (Lipinski definition) is 7. The summed E-state index contributed by atoms with van der Waals surface area (Å²) in [4.78, 5) is 30.5. The number of Topliss-reactive ketones (excluding diaryl/α,β-unsaturated/α-hetero) is 1. The average molecular weight is 415 g/mol. The Morgan fingerprint density at radius 3 is 2.41 bits per heavy atom. The number of nitrogens with one attached hydrogen (secondary N) is 1. The van der Waals surface area contributed by atoms with Gasteiger partial charge in [0.05, 0.1) is 16.2 Å². The maximum atomic E-state index is 12.6. The fourth-order valence-corrected chi connectivity index (χ4v) is 3.19. The largest absolute Gasteiger partial charge is 0.380 e. The molecular weight excluding hydrogens is 388 g/mol. The van der Waals surface area contributed by atoms with Crippen LogP contribution in [0.5, 0.6) is 0 Å². The number of fused-ring (bicyclic) bond motifs is 2. The summed E-state index contributed by atoms with van der Waals surface area (Å²) in [6, 6.07) is 1.80. The number of carbonyl (C=O) groups excluding carboxylic acids is 1. The first-order chi connectivity index (χ1) is 13.8. The Kier molecular flexibility index (Phi) is 6.62. The monoisotopic (exact) mass is 414 g/mol. The van der Waals surface area contributed by atoms with Crippen molar-refractivity contribution in [1.29, 1.82) is 0 Å². The van der Waals surface area contributed by atoms with E-state index in [1.165, 1.54) is 0 Å². The molecule has 0 fully saturated rings. The van der Waals surface area contributed by atoms with Gasteiger partial charge in [0.2, 0.25) is 0 Å². The van der Waals surface area contributed by atoms with Crippen molar-refractivity contribution in [3.8, 4) is 0 Å². The van der Waals surface area contributed by atoms with Gasteiger partial charge in [0.25, 0.3) is 0 Å². The van der Waals surface area contributed by atoms with Crippen molar-refractivity contribution in [3.63, 3.8) is 0 Å². The number of aromatic nitrogens is 3. The zero-order valence-electron chi connectivity index (χ0n) is 17.6. The SMILES string of the molecule is Cc1cnc2c(NCCN(C)C)c3ncc(C(=O)CCN(C)C)cc3nc2c1Cl. The molecule has 0 unspecified atom stereocenters. The van der Waals surface area contributed by atoms with Gasteiger partial charge in [0.15, 0.2) is 5.78 Å². The zero-order chi connectivity index (χ0) is 21.1. The van der Waals surface area contributed by atoms with E-state index in [0.717, 1.165) is 24.3 Å². The quantitative estimate of drug-likeness (QED) is 0.448. The minimum Gasteiger partial charge on any atom is -0.380 e. The van der Waals surface area contributed by atoms with Crippen molar-refractivity contribution in [1.82, 2.24) is 24.8 Å². The number of nitrogens with zero attached hydrogens (tertiary/aromatic N) is 5. The molecule has 0 aliphatic rings. The maximum Gasteiger partial charge on any atom is 0.165 e. The Hall–Kier alpha value is -2.35. The number of carbonyl (C=O) groups is 1. The smallest absolute Gasteiger partial charge is 0.165 e. The van der Waals surface area contributed by atoms with Crippen LogP contribution in [0.25, 0.3) is 22.1 Å². The van der Waals surface area contributed by atoms with Crippen LogP contribution in [-0.4, -0.2) is 78.4 Å². The molecule has 0 aromatic carbocycles.